The zero-order valence-corrected chi connectivity index (χ0v) is 11.4. The molecule has 5 heteroatoms. The lowest BCUT2D eigenvalue weighted by molar-refractivity contribution is -0.146. The van der Waals surface area contributed by atoms with Gasteiger partial charge in [0.15, 0.2) is 0 Å². The van der Waals surface area contributed by atoms with Gasteiger partial charge in [0.1, 0.15) is 5.75 Å². The van der Waals surface area contributed by atoms with Crippen molar-refractivity contribution in [2.45, 2.75) is 20.8 Å². The summed E-state index contributed by atoms with van der Waals surface area (Å²) in [6, 6.07) is 6.87. The summed E-state index contributed by atoms with van der Waals surface area (Å²) in [7, 11) is 0. The summed E-state index contributed by atoms with van der Waals surface area (Å²) in [4.78, 5) is 23.0. The van der Waals surface area contributed by atoms with E-state index < -0.39 is 11.4 Å². The molecular weight excluding hydrogens is 246 g/mol. The molecule has 0 saturated carbocycles. The number of carboxylic acids is 1. The minimum absolute atomic E-state index is 0.0572. The van der Waals surface area contributed by atoms with Gasteiger partial charge in [0, 0.05) is 6.54 Å². The quantitative estimate of drug-likeness (QED) is 0.824. The predicted octanol–water partition coefficient (Wildman–Crippen LogP) is 1.93. The van der Waals surface area contributed by atoms with Crippen LogP contribution in [-0.2, 0) is 4.79 Å². The average Bonchev–Trinajstić information content (AvgIpc) is 2.37. The molecule has 0 saturated heterocycles. The summed E-state index contributed by atoms with van der Waals surface area (Å²) in [6.45, 7) is 5.48. The van der Waals surface area contributed by atoms with E-state index >= 15 is 0 Å². The van der Waals surface area contributed by atoms with E-state index in [9.17, 15) is 9.59 Å². The number of hydrogen-bond acceptors (Lipinski definition) is 3. The lowest BCUT2D eigenvalue weighted by Crippen LogP contribution is -2.39. The first-order valence-corrected chi connectivity index (χ1v) is 6.12. The van der Waals surface area contributed by atoms with Crippen molar-refractivity contribution in [1.82, 2.24) is 5.32 Å². The molecule has 0 heterocycles. The van der Waals surface area contributed by atoms with Gasteiger partial charge in [-0.05, 0) is 32.9 Å². The van der Waals surface area contributed by atoms with Crippen LogP contribution in [0.2, 0.25) is 0 Å². The third-order valence-corrected chi connectivity index (χ3v) is 2.70. The van der Waals surface area contributed by atoms with Crippen LogP contribution in [0.4, 0.5) is 0 Å². The fourth-order valence-corrected chi connectivity index (χ4v) is 1.41. The van der Waals surface area contributed by atoms with Crippen molar-refractivity contribution in [2.75, 3.05) is 13.2 Å². The van der Waals surface area contributed by atoms with Crippen LogP contribution in [0.25, 0.3) is 0 Å². The lowest BCUT2D eigenvalue weighted by atomic mass is 9.94. The monoisotopic (exact) mass is 265 g/mol. The number of nitrogens with one attached hydrogen (secondary N) is 1. The first-order chi connectivity index (χ1) is 8.88. The van der Waals surface area contributed by atoms with Crippen LogP contribution in [0.15, 0.2) is 24.3 Å². The van der Waals surface area contributed by atoms with Crippen LogP contribution in [0.5, 0.6) is 5.75 Å². The highest BCUT2D eigenvalue weighted by Gasteiger charge is 2.28. The zero-order valence-electron chi connectivity index (χ0n) is 11.4. The fraction of sp³-hybridized carbons (Fsp3) is 0.429. The van der Waals surface area contributed by atoms with Gasteiger partial charge < -0.3 is 15.2 Å². The van der Waals surface area contributed by atoms with E-state index in [0.717, 1.165) is 0 Å². The van der Waals surface area contributed by atoms with Crippen molar-refractivity contribution >= 4 is 11.9 Å². The number of ether oxygens (including phenoxy) is 1. The smallest absolute Gasteiger partial charge is 0.310 e. The van der Waals surface area contributed by atoms with Crippen LogP contribution in [0.1, 0.15) is 31.1 Å². The van der Waals surface area contributed by atoms with Gasteiger partial charge >= 0.3 is 5.97 Å². The number of hydrogen-bond donors (Lipinski definition) is 2. The van der Waals surface area contributed by atoms with Crippen LogP contribution in [0.3, 0.4) is 0 Å². The van der Waals surface area contributed by atoms with Gasteiger partial charge in [-0.1, -0.05) is 12.1 Å². The topological polar surface area (TPSA) is 75.6 Å². The third kappa shape index (κ3) is 3.98. The predicted molar refractivity (Wildman–Crippen MR) is 71.4 cm³/mol. The molecule has 104 valence electrons. The molecule has 0 aliphatic rings. The van der Waals surface area contributed by atoms with Crippen molar-refractivity contribution in [2.24, 2.45) is 5.41 Å². The number of amides is 1. The molecule has 0 radical (unpaired) electrons. The van der Waals surface area contributed by atoms with Crippen LogP contribution < -0.4 is 10.1 Å². The van der Waals surface area contributed by atoms with Crippen molar-refractivity contribution in [3.8, 4) is 5.75 Å². The molecule has 19 heavy (non-hydrogen) atoms. The van der Waals surface area contributed by atoms with Crippen molar-refractivity contribution in [3.05, 3.63) is 29.8 Å². The number of para-hydroxylation sites is 1. The molecule has 5 nitrogen and oxygen atoms in total. The Kier molecular flexibility index (Phi) is 4.92. The molecule has 2 N–H and O–H groups in total. The van der Waals surface area contributed by atoms with Crippen LogP contribution in [0, 0.1) is 5.41 Å². The Morgan fingerprint density at radius 2 is 1.95 bits per heavy atom. The summed E-state index contributed by atoms with van der Waals surface area (Å²) in [5, 5.41) is 11.6. The molecule has 1 rings (SSSR count). The van der Waals surface area contributed by atoms with Gasteiger partial charge in [-0.2, -0.15) is 0 Å². The Morgan fingerprint density at radius 3 is 2.53 bits per heavy atom. The Morgan fingerprint density at radius 1 is 1.32 bits per heavy atom. The van der Waals surface area contributed by atoms with E-state index in [2.05, 4.69) is 5.32 Å². The molecule has 0 atom stereocenters. The minimum atomic E-state index is -1.00. The van der Waals surface area contributed by atoms with E-state index in [4.69, 9.17) is 9.84 Å². The molecule has 1 amide bonds. The first-order valence-electron chi connectivity index (χ1n) is 6.12. The van der Waals surface area contributed by atoms with E-state index in [0.29, 0.717) is 17.9 Å². The maximum Gasteiger partial charge on any atom is 0.310 e. The second-order valence-electron chi connectivity index (χ2n) is 4.80. The number of carboxylic acid groups (broad SMARTS) is 1. The molecule has 1 aromatic rings. The van der Waals surface area contributed by atoms with Crippen LogP contribution in [-0.4, -0.2) is 30.1 Å². The number of benzene rings is 1. The Balaban J connectivity index is 2.76. The number of carbonyl (C=O) groups excluding carboxylic acids is 1. The summed E-state index contributed by atoms with van der Waals surface area (Å²) in [5.74, 6) is -0.792. The highest BCUT2D eigenvalue weighted by molar-refractivity contribution is 5.97. The fourth-order valence-electron chi connectivity index (χ4n) is 1.41. The average molecular weight is 265 g/mol. The van der Waals surface area contributed by atoms with E-state index in [-0.39, 0.29) is 12.5 Å². The Bertz CT molecular complexity index is 468. The minimum Gasteiger partial charge on any atom is -0.493 e. The van der Waals surface area contributed by atoms with E-state index in [1.54, 1.807) is 38.1 Å². The molecule has 0 fully saturated rings. The SMILES string of the molecule is CCOc1ccccc1C(=O)NCC(C)(C)C(=O)O. The van der Waals surface area contributed by atoms with Crippen molar-refractivity contribution in [3.63, 3.8) is 0 Å². The molecule has 0 aliphatic carbocycles. The highest BCUT2D eigenvalue weighted by atomic mass is 16.5. The molecule has 0 bridgehead atoms. The third-order valence-electron chi connectivity index (χ3n) is 2.70. The van der Waals surface area contributed by atoms with Crippen molar-refractivity contribution in [1.29, 1.82) is 0 Å². The second kappa shape index (κ2) is 6.22. The first kappa shape index (κ1) is 15.0. The van der Waals surface area contributed by atoms with Gasteiger partial charge in [0.25, 0.3) is 5.91 Å². The molecule has 0 spiro atoms. The maximum absolute atomic E-state index is 12.0. The van der Waals surface area contributed by atoms with Gasteiger partial charge in [-0.25, -0.2) is 0 Å². The normalized spacial score (nSPS) is 10.9. The molecule has 0 aromatic heterocycles. The van der Waals surface area contributed by atoms with Gasteiger partial charge in [0.05, 0.1) is 17.6 Å². The van der Waals surface area contributed by atoms with E-state index in [1.165, 1.54) is 0 Å². The Labute approximate surface area is 112 Å². The molecular formula is C14H19NO4. The Hall–Kier alpha value is -2.04. The maximum atomic E-state index is 12.0. The summed E-state index contributed by atoms with van der Waals surface area (Å²) < 4.78 is 5.36. The summed E-state index contributed by atoms with van der Waals surface area (Å²) in [6.07, 6.45) is 0. The van der Waals surface area contributed by atoms with Crippen LogP contribution >= 0.6 is 0 Å². The van der Waals surface area contributed by atoms with Gasteiger partial charge in [-0.15, -0.1) is 0 Å². The van der Waals surface area contributed by atoms with Gasteiger partial charge in [-0.3, -0.25) is 9.59 Å². The molecule has 0 aliphatic heterocycles. The van der Waals surface area contributed by atoms with Crippen molar-refractivity contribution < 1.29 is 19.4 Å². The molecule has 1 aromatic carbocycles. The number of rotatable bonds is 6. The van der Waals surface area contributed by atoms with Gasteiger partial charge in [0.2, 0.25) is 0 Å². The highest BCUT2D eigenvalue weighted by Crippen LogP contribution is 2.19. The molecule has 0 unspecified atom stereocenters. The lowest BCUT2D eigenvalue weighted by Gasteiger charge is -2.20. The largest absolute Gasteiger partial charge is 0.493 e. The standard InChI is InChI=1S/C14H19NO4/c1-4-19-11-8-6-5-7-10(11)12(16)15-9-14(2,3)13(17)18/h5-8H,4,9H2,1-3H3,(H,15,16)(H,17,18). The second-order valence-corrected chi connectivity index (χ2v) is 4.80. The summed E-state index contributed by atoms with van der Waals surface area (Å²) >= 11 is 0. The summed E-state index contributed by atoms with van der Waals surface area (Å²) in [5.41, 5.74) is -0.596. The number of aliphatic carboxylic acids is 1. The van der Waals surface area contributed by atoms with E-state index in [1.807, 2.05) is 6.92 Å². The number of carbonyl (C=O) groups is 2. The zero-order chi connectivity index (χ0) is 14.5.